The largest absolute Gasteiger partial charge is 0.484 e. The average molecular weight is 425 g/mol. The summed E-state index contributed by atoms with van der Waals surface area (Å²) in [7, 11) is 0. The maximum Gasteiger partial charge on any atom is 0.293 e. The average Bonchev–Trinajstić information content (AvgIpc) is 2.97. The van der Waals surface area contributed by atoms with Crippen molar-refractivity contribution in [2.45, 2.75) is 27.2 Å². The number of benzene rings is 2. The molecule has 156 valence electrons. The van der Waals surface area contributed by atoms with Crippen molar-refractivity contribution < 1.29 is 19.1 Å². The van der Waals surface area contributed by atoms with Gasteiger partial charge in [-0.05, 0) is 79.1 Å². The van der Waals surface area contributed by atoms with E-state index in [0.29, 0.717) is 17.2 Å². The second-order valence-corrected chi connectivity index (χ2v) is 8.03. The zero-order valence-corrected chi connectivity index (χ0v) is 18.0. The Labute approximate surface area is 180 Å². The van der Waals surface area contributed by atoms with E-state index >= 15 is 0 Å². The molecule has 6 nitrogen and oxygen atoms in total. The number of anilines is 1. The molecular formula is C23H24N2O4S. The molecule has 3 amide bonds. The summed E-state index contributed by atoms with van der Waals surface area (Å²) in [5.74, 6) is -0.0259. The third-order valence-corrected chi connectivity index (χ3v) is 5.54. The second kappa shape index (κ2) is 9.63. The lowest BCUT2D eigenvalue weighted by atomic mass is 10.1. The zero-order chi connectivity index (χ0) is 21.7. The summed E-state index contributed by atoms with van der Waals surface area (Å²) >= 11 is 0.938. The van der Waals surface area contributed by atoms with Gasteiger partial charge in [0.25, 0.3) is 17.1 Å². The molecule has 1 N–H and O–H groups in total. The van der Waals surface area contributed by atoms with Gasteiger partial charge in [0.05, 0.1) is 4.91 Å². The van der Waals surface area contributed by atoms with Crippen molar-refractivity contribution in [3.63, 3.8) is 0 Å². The molecule has 0 radical (unpaired) electrons. The summed E-state index contributed by atoms with van der Waals surface area (Å²) in [5, 5.41) is 2.57. The number of carbonyl (C=O) groups excluding carboxylic acids is 3. The standard InChI is InChI=1S/C23H24N2O4S/c1-4-10-25-22(27)20(30-23(25)28)13-17-6-5-7-19(12-17)29-14-21(26)24-18-9-8-15(2)16(3)11-18/h5-9,11-13H,4,10,14H2,1-3H3,(H,24,26). The van der Waals surface area contributed by atoms with Crippen molar-refractivity contribution in [2.75, 3.05) is 18.5 Å². The van der Waals surface area contributed by atoms with Gasteiger partial charge in [-0.25, -0.2) is 0 Å². The van der Waals surface area contributed by atoms with Crippen LogP contribution in [-0.4, -0.2) is 35.1 Å². The molecule has 2 aromatic rings. The lowest BCUT2D eigenvalue weighted by Gasteiger charge is -2.10. The zero-order valence-electron chi connectivity index (χ0n) is 17.2. The molecule has 0 aromatic heterocycles. The van der Waals surface area contributed by atoms with Crippen molar-refractivity contribution in [3.8, 4) is 5.75 Å². The number of aryl methyl sites for hydroxylation is 2. The number of imide groups is 1. The van der Waals surface area contributed by atoms with E-state index in [1.165, 1.54) is 4.90 Å². The maximum atomic E-state index is 12.4. The molecule has 1 fully saturated rings. The molecule has 0 unspecified atom stereocenters. The number of hydrogen-bond donors (Lipinski definition) is 1. The minimum atomic E-state index is -0.272. The van der Waals surface area contributed by atoms with Gasteiger partial charge in [0.15, 0.2) is 6.61 Å². The first kappa shape index (κ1) is 21.6. The van der Waals surface area contributed by atoms with E-state index in [1.54, 1.807) is 24.3 Å². The second-order valence-electron chi connectivity index (χ2n) is 7.04. The quantitative estimate of drug-likeness (QED) is 0.648. The Morgan fingerprint density at radius 2 is 1.93 bits per heavy atom. The number of amides is 3. The van der Waals surface area contributed by atoms with E-state index in [2.05, 4.69) is 5.32 Å². The molecular weight excluding hydrogens is 400 g/mol. The van der Waals surface area contributed by atoms with Crippen LogP contribution in [-0.2, 0) is 9.59 Å². The maximum absolute atomic E-state index is 12.4. The molecule has 0 saturated carbocycles. The van der Waals surface area contributed by atoms with E-state index in [9.17, 15) is 14.4 Å². The fourth-order valence-corrected chi connectivity index (χ4v) is 3.79. The van der Waals surface area contributed by atoms with Crippen LogP contribution in [0.3, 0.4) is 0 Å². The van der Waals surface area contributed by atoms with Gasteiger partial charge >= 0.3 is 0 Å². The van der Waals surface area contributed by atoms with Crippen LogP contribution in [0.2, 0.25) is 0 Å². The molecule has 1 aliphatic rings. The van der Waals surface area contributed by atoms with Gasteiger partial charge in [-0.1, -0.05) is 25.1 Å². The number of hydrogen-bond acceptors (Lipinski definition) is 5. The van der Waals surface area contributed by atoms with Crippen LogP contribution in [0, 0.1) is 13.8 Å². The third-order valence-electron chi connectivity index (χ3n) is 4.64. The molecule has 7 heteroatoms. The molecule has 1 saturated heterocycles. The van der Waals surface area contributed by atoms with Gasteiger partial charge in [0, 0.05) is 12.2 Å². The summed E-state index contributed by atoms with van der Waals surface area (Å²) in [6, 6.07) is 12.8. The molecule has 2 aromatic carbocycles. The highest BCUT2D eigenvalue weighted by molar-refractivity contribution is 8.18. The van der Waals surface area contributed by atoms with Gasteiger partial charge in [-0.15, -0.1) is 0 Å². The van der Waals surface area contributed by atoms with E-state index in [0.717, 1.165) is 40.6 Å². The predicted octanol–water partition coefficient (Wildman–Crippen LogP) is 4.77. The highest BCUT2D eigenvalue weighted by atomic mass is 32.2. The number of nitrogens with one attached hydrogen (secondary N) is 1. The first-order valence-corrected chi connectivity index (χ1v) is 10.5. The minimum absolute atomic E-state index is 0.136. The third kappa shape index (κ3) is 5.30. The van der Waals surface area contributed by atoms with Crippen LogP contribution in [0.4, 0.5) is 10.5 Å². The normalized spacial score (nSPS) is 15.0. The molecule has 3 rings (SSSR count). The highest BCUT2D eigenvalue weighted by Crippen LogP contribution is 2.32. The Morgan fingerprint density at radius 3 is 2.67 bits per heavy atom. The number of thioether (sulfide) groups is 1. The lowest BCUT2D eigenvalue weighted by molar-refractivity contribution is -0.122. The van der Waals surface area contributed by atoms with Crippen molar-refractivity contribution in [2.24, 2.45) is 0 Å². The molecule has 1 heterocycles. The Hall–Kier alpha value is -3.06. The summed E-state index contributed by atoms with van der Waals surface area (Å²) in [4.78, 5) is 38.2. The van der Waals surface area contributed by atoms with Gasteiger partial charge in [0.2, 0.25) is 0 Å². The summed E-state index contributed by atoms with van der Waals surface area (Å²) in [6.45, 7) is 6.21. The van der Waals surface area contributed by atoms with Crippen LogP contribution < -0.4 is 10.1 Å². The summed E-state index contributed by atoms with van der Waals surface area (Å²) < 4.78 is 5.60. The number of nitrogens with zero attached hydrogens (tertiary/aromatic N) is 1. The summed E-state index contributed by atoms with van der Waals surface area (Å²) in [6.07, 6.45) is 2.39. The number of rotatable bonds is 7. The fourth-order valence-electron chi connectivity index (χ4n) is 2.93. The van der Waals surface area contributed by atoms with E-state index in [-0.39, 0.29) is 23.7 Å². The van der Waals surface area contributed by atoms with Crippen LogP contribution in [0.1, 0.15) is 30.0 Å². The lowest BCUT2D eigenvalue weighted by Crippen LogP contribution is -2.28. The number of ether oxygens (including phenoxy) is 1. The molecule has 0 atom stereocenters. The van der Waals surface area contributed by atoms with Gasteiger partial charge in [-0.3, -0.25) is 19.3 Å². The van der Waals surface area contributed by atoms with E-state index < -0.39 is 0 Å². The fraction of sp³-hybridized carbons (Fsp3) is 0.261. The Kier molecular flexibility index (Phi) is 6.95. The molecule has 0 spiro atoms. The minimum Gasteiger partial charge on any atom is -0.484 e. The first-order valence-electron chi connectivity index (χ1n) is 9.72. The van der Waals surface area contributed by atoms with Crippen molar-refractivity contribution in [1.82, 2.24) is 4.90 Å². The highest BCUT2D eigenvalue weighted by Gasteiger charge is 2.34. The van der Waals surface area contributed by atoms with Gasteiger partial charge in [0.1, 0.15) is 5.75 Å². The molecule has 30 heavy (non-hydrogen) atoms. The van der Waals surface area contributed by atoms with Crippen molar-refractivity contribution >= 4 is 40.6 Å². The van der Waals surface area contributed by atoms with E-state index in [4.69, 9.17) is 4.74 Å². The van der Waals surface area contributed by atoms with E-state index in [1.807, 2.05) is 45.0 Å². The Balaban J connectivity index is 1.61. The number of carbonyl (C=O) groups is 3. The smallest absolute Gasteiger partial charge is 0.293 e. The Morgan fingerprint density at radius 1 is 1.13 bits per heavy atom. The van der Waals surface area contributed by atoms with Crippen LogP contribution in [0.15, 0.2) is 47.4 Å². The summed E-state index contributed by atoms with van der Waals surface area (Å²) in [5.41, 5.74) is 3.71. The Bertz CT molecular complexity index is 1020. The predicted molar refractivity (Wildman–Crippen MR) is 119 cm³/mol. The van der Waals surface area contributed by atoms with Crippen molar-refractivity contribution in [3.05, 3.63) is 64.1 Å². The molecule has 0 aliphatic carbocycles. The van der Waals surface area contributed by atoms with Crippen LogP contribution in [0.25, 0.3) is 6.08 Å². The van der Waals surface area contributed by atoms with Crippen LogP contribution >= 0.6 is 11.8 Å². The van der Waals surface area contributed by atoms with Crippen LogP contribution in [0.5, 0.6) is 5.75 Å². The molecule has 1 aliphatic heterocycles. The first-order chi connectivity index (χ1) is 14.4. The monoisotopic (exact) mass is 424 g/mol. The molecule has 0 bridgehead atoms. The topological polar surface area (TPSA) is 75.7 Å². The van der Waals surface area contributed by atoms with Crippen molar-refractivity contribution in [1.29, 1.82) is 0 Å². The SMILES string of the molecule is CCCN1C(=O)SC(=Cc2cccc(OCC(=O)Nc3ccc(C)c(C)c3)c2)C1=O. The van der Waals surface area contributed by atoms with Gasteiger partial charge in [-0.2, -0.15) is 0 Å². The van der Waals surface area contributed by atoms with Gasteiger partial charge < -0.3 is 10.1 Å².